The van der Waals surface area contributed by atoms with E-state index in [0.717, 1.165) is 38.1 Å². The summed E-state index contributed by atoms with van der Waals surface area (Å²) in [5.74, 6) is -0.923. The van der Waals surface area contributed by atoms with E-state index >= 15 is 0 Å². The van der Waals surface area contributed by atoms with E-state index in [1.807, 2.05) is 0 Å². The molecular formula is C21H25N3O3SSi. The predicted molar refractivity (Wildman–Crippen MR) is 120 cm³/mol. The zero-order valence-electron chi connectivity index (χ0n) is 17.2. The van der Waals surface area contributed by atoms with E-state index in [2.05, 4.69) is 73.3 Å². The molecule has 0 atom stereocenters. The molecule has 152 valence electrons. The first-order chi connectivity index (χ1) is 13.5. The highest BCUT2D eigenvalue weighted by molar-refractivity contribution is 7.21. The molecule has 0 aliphatic carbocycles. The second-order valence-corrected chi connectivity index (χ2v) is 14.7. The summed E-state index contributed by atoms with van der Waals surface area (Å²) in [6, 6.07) is 9.97. The van der Waals surface area contributed by atoms with Gasteiger partial charge in [0.2, 0.25) is 0 Å². The van der Waals surface area contributed by atoms with Crippen LogP contribution in [0.4, 0.5) is 0 Å². The van der Waals surface area contributed by atoms with Gasteiger partial charge in [0.15, 0.2) is 8.32 Å². The van der Waals surface area contributed by atoms with E-state index in [0.29, 0.717) is 11.5 Å². The zero-order chi connectivity index (χ0) is 21.0. The van der Waals surface area contributed by atoms with Crippen molar-refractivity contribution in [1.82, 2.24) is 15.2 Å². The molecule has 0 saturated carbocycles. The van der Waals surface area contributed by atoms with Crippen molar-refractivity contribution in [3.8, 4) is 11.4 Å². The van der Waals surface area contributed by atoms with Gasteiger partial charge in [-0.15, -0.1) is 11.3 Å². The minimum Gasteiger partial charge on any atom is -0.477 e. The third-order valence-electron chi connectivity index (χ3n) is 5.79. The summed E-state index contributed by atoms with van der Waals surface area (Å²) >= 11 is 1.23. The highest BCUT2D eigenvalue weighted by atomic mass is 32.1. The van der Waals surface area contributed by atoms with Gasteiger partial charge in [0.05, 0.1) is 22.5 Å². The van der Waals surface area contributed by atoms with Crippen LogP contribution < -0.4 is 0 Å². The molecule has 0 aliphatic heterocycles. The van der Waals surface area contributed by atoms with Gasteiger partial charge >= 0.3 is 5.97 Å². The number of hydrogen-bond acceptors (Lipinski definition) is 4. The number of aromatic amines is 2. The molecule has 4 rings (SSSR count). The maximum absolute atomic E-state index is 11.2. The minimum atomic E-state index is -1.80. The molecule has 6 nitrogen and oxygen atoms in total. The minimum absolute atomic E-state index is 0.180. The van der Waals surface area contributed by atoms with Crippen LogP contribution in [0, 0.1) is 0 Å². The van der Waals surface area contributed by atoms with E-state index in [4.69, 9.17) is 4.43 Å². The molecule has 0 radical (unpaired) electrons. The van der Waals surface area contributed by atoms with Gasteiger partial charge < -0.3 is 14.5 Å². The van der Waals surface area contributed by atoms with E-state index in [9.17, 15) is 9.90 Å². The van der Waals surface area contributed by atoms with Gasteiger partial charge in [-0.1, -0.05) is 26.8 Å². The maximum atomic E-state index is 11.2. The van der Waals surface area contributed by atoms with Crippen LogP contribution in [0.1, 0.15) is 36.0 Å². The summed E-state index contributed by atoms with van der Waals surface area (Å²) in [6.45, 7) is 11.8. The molecule has 0 amide bonds. The molecule has 0 saturated heterocycles. The zero-order valence-corrected chi connectivity index (χ0v) is 19.0. The van der Waals surface area contributed by atoms with Crippen molar-refractivity contribution >= 4 is 46.7 Å². The molecule has 0 spiro atoms. The number of benzene rings is 1. The molecule has 3 aromatic heterocycles. The molecule has 4 aromatic rings. The molecule has 3 N–H and O–H groups in total. The highest BCUT2D eigenvalue weighted by Crippen LogP contribution is 2.37. The average Bonchev–Trinajstić information content (AvgIpc) is 3.31. The van der Waals surface area contributed by atoms with Crippen molar-refractivity contribution < 1.29 is 14.3 Å². The number of carbonyl (C=O) groups is 1. The normalized spacial score (nSPS) is 12.9. The Morgan fingerprint density at radius 3 is 2.66 bits per heavy atom. The Balaban J connectivity index is 1.63. The number of aromatic nitrogens is 3. The topological polar surface area (TPSA) is 91.0 Å². The van der Waals surface area contributed by atoms with E-state index in [-0.39, 0.29) is 5.04 Å². The van der Waals surface area contributed by atoms with Crippen LogP contribution in [-0.2, 0) is 11.0 Å². The summed E-state index contributed by atoms with van der Waals surface area (Å²) in [5.41, 5.74) is 4.51. The molecule has 0 fully saturated rings. The molecule has 0 aliphatic rings. The number of hydrogen-bond donors (Lipinski definition) is 3. The number of carboxylic acids is 1. The van der Waals surface area contributed by atoms with Crippen molar-refractivity contribution in [3.05, 3.63) is 40.8 Å². The first-order valence-corrected chi connectivity index (χ1v) is 13.2. The van der Waals surface area contributed by atoms with E-state index in [1.54, 1.807) is 6.07 Å². The third kappa shape index (κ3) is 3.63. The number of nitrogens with zero attached hydrogens (tertiary/aromatic N) is 1. The largest absolute Gasteiger partial charge is 0.477 e. The Morgan fingerprint density at radius 1 is 1.21 bits per heavy atom. The fourth-order valence-electron chi connectivity index (χ4n) is 2.98. The second kappa shape index (κ2) is 6.83. The molecule has 1 aromatic carbocycles. The second-order valence-electron chi connectivity index (χ2n) is 8.88. The summed E-state index contributed by atoms with van der Waals surface area (Å²) in [7, 11) is -1.80. The Morgan fingerprint density at radius 2 is 1.97 bits per heavy atom. The lowest BCUT2D eigenvalue weighted by Gasteiger charge is -2.36. The molecule has 0 unspecified atom stereocenters. The van der Waals surface area contributed by atoms with Crippen LogP contribution in [-0.4, -0.2) is 34.6 Å². The van der Waals surface area contributed by atoms with Gasteiger partial charge in [-0.3, -0.25) is 5.10 Å². The highest BCUT2D eigenvalue weighted by Gasteiger charge is 2.37. The lowest BCUT2D eigenvalue weighted by atomic mass is 10.1. The third-order valence-corrected chi connectivity index (χ3v) is 11.4. The van der Waals surface area contributed by atoms with Crippen molar-refractivity contribution in [2.75, 3.05) is 0 Å². The number of fused-ring (bicyclic) bond motifs is 2. The van der Waals surface area contributed by atoms with Crippen LogP contribution >= 0.6 is 11.3 Å². The SMILES string of the molecule is CC(C)(C)[Si](C)(C)OCc1ccc2[nH]c(-c3n[nH]c4cc(C(=O)O)sc34)cc2c1. The number of nitrogens with one attached hydrogen (secondary N) is 2. The fraction of sp³-hybridized carbons (Fsp3) is 0.333. The van der Waals surface area contributed by atoms with Gasteiger partial charge in [-0.25, -0.2) is 4.79 Å². The molecular weight excluding hydrogens is 402 g/mol. The number of carboxylic acid groups (broad SMARTS) is 1. The lowest BCUT2D eigenvalue weighted by Crippen LogP contribution is -2.40. The molecule has 29 heavy (non-hydrogen) atoms. The molecule has 8 heteroatoms. The van der Waals surface area contributed by atoms with Crippen LogP contribution in [0.15, 0.2) is 30.3 Å². The summed E-state index contributed by atoms with van der Waals surface area (Å²) in [6.07, 6.45) is 0. The smallest absolute Gasteiger partial charge is 0.345 e. The van der Waals surface area contributed by atoms with Crippen LogP contribution in [0.3, 0.4) is 0 Å². The molecule has 3 heterocycles. The van der Waals surface area contributed by atoms with Gasteiger partial charge in [-0.05, 0) is 48.0 Å². The first kappa shape index (κ1) is 19.9. The standard InChI is InChI=1S/C21H25N3O3SSi/c1-21(2,3)29(4,5)27-11-12-6-7-14-13(8-12)9-15(22-14)18-19-16(23-24-18)10-17(28-19)20(25)26/h6-10,22H,11H2,1-5H3,(H,23,24)(H,25,26). The number of thiophene rings is 1. The van der Waals surface area contributed by atoms with Crippen molar-refractivity contribution in [2.45, 2.75) is 45.5 Å². The van der Waals surface area contributed by atoms with Crippen molar-refractivity contribution in [1.29, 1.82) is 0 Å². The quantitative estimate of drug-likeness (QED) is 0.341. The van der Waals surface area contributed by atoms with Crippen molar-refractivity contribution in [2.24, 2.45) is 0 Å². The number of H-pyrrole nitrogens is 2. The monoisotopic (exact) mass is 427 g/mol. The summed E-state index contributed by atoms with van der Waals surface area (Å²) in [5, 5.41) is 17.8. The van der Waals surface area contributed by atoms with Gasteiger partial charge in [0, 0.05) is 10.9 Å². The van der Waals surface area contributed by atoms with Crippen LogP contribution in [0.5, 0.6) is 0 Å². The Bertz CT molecular complexity index is 1210. The fourth-order valence-corrected chi connectivity index (χ4v) is 4.90. The average molecular weight is 428 g/mol. The number of rotatable bonds is 5. The Hall–Kier alpha value is -2.42. The Labute approximate surface area is 174 Å². The summed E-state index contributed by atoms with van der Waals surface area (Å²) < 4.78 is 7.19. The van der Waals surface area contributed by atoms with Crippen LogP contribution in [0.2, 0.25) is 18.1 Å². The first-order valence-electron chi connectivity index (χ1n) is 9.52. The summed E-state index contributed by atoms with van der Waals surface area (Å²) in [4.78, 5) is 14.9. The molecule has 0 bridgehead atoms. The van der Waals surface area contributed by atoms with Gasteiger partial charge in [0.25, 0.3) is 0 Å². The van der Waals surface area contributed by atoms with Crippen LogP contribution in [0.25, 0.3) is 32.5 Å². The Kier molecular flexibility index (Phi) is 4.68. The lowest BCUT2D eigenvalue weighted by molar-refractivity contribution is 0.0702. The van der Waals surface area contributed by atoms with E-state index < -0.39 is 14.3 Å². The predicted octanol–water partition coefficient (Wildman–Crippen LogP) is 5.99. The van der Waals surface area contributed by atoms with E-state index in [1.165, 1.54) is 11.3 Å². The van der Waals surface area contributed by atoms with Gasteiger partial charge in [-0.2, -0.15) is 5.10 Å². The van der Waals surface area contributed by atoms with Crippen molar-refractivity contribution in [3.63, 3.8) is 0 Å². The maximum Gasteiger partial charge on any atom is 0.345 e. The number of aromatic carboxylic acids is 1. The van der Waals surface area contributed by atoms with Gasteiger partial charge in [0.1, 0.15) is 10.6 Å².